The largest absolute Gasteiger partial charge is 0.494 e. The zero-order valence-corrected chi connectivity index (χ0v) is 18.0. The van der Waals surface area contributed by atoms with Crippen molar-refractivity contribution < 1.29 is 14.3 Å². The highest BCUT2D eigenvalue weighted by molar-refractivity contribution is 7.99. The molecule has 0 unspecified atom stereocenters. The summed E-state index contributed by atoms with van der Waals surface area (Å²) in [6.45, 7) is 4.44. The Bertz CT molecular complexity index is 774. The number of aryl methyl sites for hydroxylation is 1. The van der Waals surface area contributed by atoms with Gasteiger partial charge in [0.15, 0.2) is 0 Å². The molecule has 0 bridgehead atoms. The van der Waals surface area contributed by atoms with E-state index in [4.69, 9.17) is 9.47 Å². The highest BCUT2D eigenvalue weighted by Crippen LogP contribution is 2.26. The molecule has 0 radical (unpaired) electrons. The van der Waals surface area contributed by atoms with E-state index in [0.29, 0.717) is 18.3 Å². The van der Waals surface area contributed by atoms with E-state index >= 15 is 0 Å². The Morgan fingerprint density at radius 2 is 1.97 bits per heavy atom. The van der Waals surface area contributed by atoms with Gasteiger partial charge in [-0.25, -0.2) is 0 Å². The average molecular weight is 414 g/mol. The van der Waals surface area contributed by atoms with Crippen molar-refractivity contribution >= 4 is 23.4 Å². The lowest BCUT2D eigenvalue weighted by molar-refractivity contribution is -0.116. The standard InChI is InChI=1S/C24H31NO3S/c1-19-6-4-9-22(16-19)28-13-3-2-10-24(26)25-21-8-5-7-20(17-21)18-29-23-11-14-27-15-12-23/h4-9,16-17,23H,2-3,10-15,18H2,1H3,(H,25,26). The molecule has 0 spiro atoms. The molecule has 0 aromatic heterocycles. The van der Waals surface area contributed by atoms with Crippen LogP contribution in [0.4, 0.5) is 5.69 Å². The van der Waals surface area contributed by atoms with E-state index in [-0.39, 0.29) is 5.91 Å². The molecule has 156 valence electrons. The summed E-state index contributed by atoms with van der Waals surface area (Å²) in [5, 5.41) is 3.71. The molecule has 4 nitrogen and oxygen atoms in total. The van der Waals surface area contributed by atoms with Crippen LogP contribution in [-0.2, 0) is 15.3 Å². The van der Waals surface area contributed by atoms with Crippen LogP contribution >= 0.6 is 11.8 Å². The van der Waals surface area contributed by atoms with Crippen LogP contribution in [0.15, 0.2) is 48.5 Å². The van der Waals surface area contributed by atoms with E-state index < -0.39 is 0 Å². The zero-order valence-electron chi connectivity index (χ0n) is 17.2. The van der Waals surface area contributed by atoms with Gasteiger partial charge in [-0.3, -0.25) is 4.79 Å². The lowest BCUT2D eigenvalue weighted by atomic mass is 10.2. The molecule has 0 aliphatic carbocycles. The number of hydrogen-bond acceptors (Lipinski definition) is 4. The summed E-state index contributed by atoms with van der Waals surface area (Å²) in [6, 6.07) is 16.2. The van der Waals surface area contributed by atoms with Crippen molar-refractivity contribution in [2.45, 2.75) is 50.0 Å². The highest BCUT2D eigenvalue weighted by Gasteiger charge is 2.14. The number of ether oxygens (including phenoxy) is 2. The van der Waals surface area contributed by atoms with Crippen LogP contribution in [0.1, 0.15) is 43.2 Å². The SMILES string of the molecule is Cc1cccc(OCCCCC(=O)Nc2cccc(CSC3CCOCC3)c2)c1. The first-order chi connectivity index (χ1) is 14.2. The quantitative estimate of drug-likeness (QED) is 0.516. The third-order valence-corrected chi connectivity index (χ3v) is 6.36. The van der Waals surface area contributed by atoms with E-state index in [2.05, 4.69) is 30.4 Å². The molecule has 5 heteroatoms. The number of amides is 1. The van der Waals surface area contributed by atoms with E-state index in [1.807, 2.05) is 42.1 Å². The van der Waals surface area contributed by atoms with Crippen molar-refractivity contribution in [3.63, 3.8) is 0 Å². The number of carbonyl (C=O) groups excluding carboxylic acids is 1. The molecule has 1 amide bonds. The monoisotopic (exact) mass is 413 g/mol. The predicted molar refractivity (Wildman–Crippen MR) is 121 cm³/mol. The molecule has 0 atom stereocenters. The predicted octanol–water partition coefficient (Wildman–Crippen LogP) is 5.60. The minimum atomic E-state index is 0.0646. The molecule has 2 aromatic carbocycles. The number of carbonyl (C=O) groups is 1. The topological polar surface area (TPSA) is 47.6 Å². The van der Waals surface area contributed by atoms with E-state index in [1.54, 1.807) is 0 Å². The van der Waals surface area contributed by atoms with Crippen LogP contribution in [0.2, 0.25) is 0 Å². The fourth-order valence-corrected chi connectivity index (χ4v) is 4.44. The Morgan fingerprint density at radius 1 is 1.14 bits per heavy atom. The molecule has 1 N–H and O–H groups in total. The summed E-state index contributed by atoms with van der Waals surface area (Å²) in [6.07, 6.45) is 4.46. The first-order valence-corrected chi connectivity index (χ1v) is 11.5. The normalized spacial score (nSPS) is 14.5. The molecular weight excluding hydrogens is 382 g/mol. The summed E-state index contributed by atoms with van der Waals surface area (Å²) in [5.74, 6) is 1.93. The number of thioether (sulfide) groups is 1. The first-order valence-electron chi connectivity index (χ1n) is 10.5. The van der Waals surface area contributed by atoms with Gasteiger partial charge in [-0.1, -0.05) is 24.3 Å². The minimum absolute atomic E-state index is 0.0646. The van der Waals surface area contributed by atoms with Crippen molar-refractivity contribution in [3.8, 4) is 5.75 Å². The lowest BCUT2D eigenvalue weighted by Gasteiger charge is -2.21. The van der Waals surface area contributed by atoms with Crippen molar-refractivity contribution in [3.05, 3.63) is 59.7 Å². The van der Waals surface area contributed by atoms with Crippen LogP contribution in [0, 0.1) is 6.92 Å². The van der Waals surface area contributed by atoms with Gasteiger partial charge in [0, 0.05) is 36.3 Å². The van der Waals surface area contributed by atoms with Gasteiger partial charge in [-0.05, 0) is 68.0 Å². The molecule has 3 rings (SSSR count). The van der Waals surface area contributed by atoms with Gasteiger partial charge in [0.1, 0.15) is 5.75 Å². The van der Waals surface area contributed by atoms with Crippen molar-refractivity contribution in [1.82, 2.24) is 0 Å². The van der Waals surface area contributed by atoms with Gasteiger partial charge < -0.3 is 14.8 Å². The maximum absolute atomic E-state index is 12.2. The van der Waals surface area contributed by atoms with Crippen LogP contribution in [0.25, 0.3) is 0 Å². The lowest BCUT2D eigenvalue weighted by Crippen LogP contribution is -2.17. The number of benzene rings is 2. The smallest absolute Gasteiger partial charge is 0.224 e. The maximum Gasteiger partial charge on any atom is 0.224 e. The van der Waals surface area contributed by atoms with E-state index in [0.717, 1.165) is 56.1 Å². The van der Waals surface area contributed by atoms with Crippen LogP contribution in [0.5, 0.6) is 5.75 Å². The van der Waals surface area contributed by atoms with Crippen molar-refractivity contribution in [2.24, 2.45) is 0 Å². The zero-order chi connectivity index (χ0) is 20.3. The Kier molecular flexibility index (Phi) is 8.90. The number of anilines is 1. The average Bonchev–Trinajstić information content (AvgIpc) is 2.73. The molecule has 29 heavy (non-hydrogen) atoms. The second kappa shape index (κ2) is 11.9. The molecule has 1 saturated heterocycles. The first kappa shape index (κ1) is 21.7. The van der Waals surface area contributed by atoms with Crippen LogP contribution < -0.4 is 10.1 Å². The summed E-state index contributed by atoms with van der Waals surface area (Å²) >= 11 is 1.99. The highest BCUT2D eigenvalue weighted by atomic mass is 32.2. The van der Waals surface area contributed by atoms with Gasteiger partial charge in [0.2, 0.25) is 5.91 Å². The minimum Gasteiger partial charge on any atom is -0.494 e. The molecule has 1 aliphatic rings. The second-order valence-corrected chi connectivity index (χ2v) is 8.78. The summed E-state index contributed by atoms with van der Waals surface area (Å²) < 4.78 is 11.2. The Morgan fingerprint density at radius 3 is 2.79 bits per heavy atom. The van der Waals surface area contributed by atoms with E-state index in [9.17, 15) is 4.79 Å². The second-order valence-electron chi connectivity index (χ2n) is 7.49. The fraction of sp³-hybridized carbons (Fsp3) is 0.458. The number of unbranched alkanes of at least 4 members (excludes halogenated alkanes) is 1. The van der Waals surface area contributed by atoms with E-state index in [1.165, 1.54) is 11.1 Å². The summed E-state index contributed by atoms with van der Waals surface area (Å²) in [7, 11) is 0. The molecular formula is C24H31NO3S. The number of nitrogens with one attached hydrogen (secondary N) is 1. The summed E-state index contributed by atoms with van der Waals surface area (Å²) in [5.41, 5.74) is 3.33. The van der Waals surface area contributed by atoms with Crippen LogP contribution in [0.3, 0.4) is 0 Å². The Labute approximate surface area is 178 Å². The molecule has 1 heterocycles. The third kappa shape index (κ3) is 8.11. The Balaban J connectivity index is 1.33. The Hall–Kier alpha value is -1.98. The summed E-state index contributed by atoms with van der Waals surface area (Å²) in [4.78, 5) is 12.2. The van der Waals surface area contributed by atoms with Crippen LogP contribution in [-0.4, -0.2) is 31.0 Å². The van der Waals surface area contributed by atoms with Crippen molar-refractivity contribution in [1.29, 1.82) is 0 Å². The van der Waals surface area contributed by atoms with Crippen molar-refractivity contribution in [2.75, 3.05) is 25.1 Å². The van der Waals surface area contributed by atoms with Gasteiger partial charge in [0.25, 0.3) is 0 Å². The molecule has 1 aliphatic heterocycles. The molecule has 0 saturated carbocycles. The number of hydrogen-bond donors (Lipinski definition) is 1. The molecule has 2 aromatic rings. The van der Waals surface area contributed by atoms with Gasteiger partial charge in [-0.15, -0.1) is 0 Å². The number of rotatable bonds is 10. The van der Waals surface area contributed by atoms with Gasteiger partial charge in [-0.2, -0.15) is 11.8 Å². The van der Waals surface area contributed by atoms with Gasteiger partial charge in [0.05, 0.1) is 6.61 Å². The molecule has 1 fully saturated rings. The van der Waals surface area contributed by atoms with Gasteiger partial charge >= 0.3 is 0 Å². The third-order valence-electron chi connectivity index (χ3n) is 4.92. The maximum atomic E-state index is 12.2. The fourth-order valence-electron chi connectivity index (χ4n) is 3.30.